The van der Waals surface area contributed by atoms with Gasteiger partial charge in [-0.15, -0.1) is 23.7 Å². The Morgan fingerprint density at radius 3 is 2.80 bits per heavy atom. The van der Waals surface area contributed by atoms with Crippen LogP contribution in [0.3, 0.4) is 0 Å². The molecule has 0 radical (unpaired) electrons. The third kappa shape index (κ3) is 6.54. The molecule has 0 atom stereocenters. The van der Waals surface area contributed by atoms with Crippen molar-refractivity contribution in [3.63, 3.8) is 0 Å². The average Bonchev–Trinajstić information content (AvgIpc) is 2.81. The van der Waals surface area contributed by atoms with E-state index in [4.69, 9.17) is 0 Å². The lowest BCUT2D eigenvalue weighted by atomic mass is 10.3. The zero-order chi connectivity index (χ0) is 13.5. The number of hydrogen-bond acceptors (Lipinski definition) is 4. The van der Waals surface area contributed by atoms with Crippen LogP contribution in [0.2, 0.25) is 0 Å². The minimum absolute atomic E-state index is 0. The van der Waals surface area contributed by atoms with Gasteiger partial charge in [-0.2, -0.15) is 0 Å². The first kappa shape index (κ1) is 17.9. The summed E-state index contributed by atoms with van der Waals surface area (Å²) in [5.74, 6) is 0.120. The van der Waals surface area contributed by atoms with Gasteiger partial charge >= 0.3 is 0 Å². The van der Waals surface area contributed by atoms with Gasteiger partial charge in [0.05, 0.1) is 10.2 Å². The van der Waals surface area contributed by atoms with Gasteiger partial charge in [-0.25, -0.2) is 0 Å². The maximum Gasteiger partial charge on any atom is 0.225 e. The van der Waals surface area contributed by atoms with Gasteiger partial charge in [0.25, 0.3) is 0 Å². The van der Waals surface area contributed by atoms with Crippen LogP contribution in [-0.2, 0) is 11.2 Å². The second-order valence-corrected chi connectivity index (χ2v) is 7.23. The number of thiophene rings is 1. The van der Waals surface area contributed by atoms with Gasteiger partial charge in [0.15, 0.2) is 0 Å². The minimum atomic E-state index is 0. The first-order valence-corrected chi connectivity index (χ1v) is 8.29. The van der Waals surface area contributed by atoms with Crippen LogP contribution in [-0.4, -0.2) is 50.1 Å². The van der Waals surface area contributed by atoms with Crippen molar-refractivity contribution in [1.29, 1.82) is 0 Å². The van der Waals surface area contributed by atoms with E-state index in [1.54, 1.807) is 11.3 Å². The summed E-state index contributed by atoms with van der Waals surface area (Å²) < 4.78 is 1.08. The third-order valence-corrected chi connectivity index (χ3v) is 4.77. The molecule has 0 unspecified atom stereocenters. The summed E-state index contributed by atoms with van der Waals surface area (Å²) >= 11 is 5.02. The van der Waals surface area contributed by atoms with Crippen LogP contribution in [0.4, 0.5) is 0 Å². The highest BCUT2D eigenvalue weighted by atomic mass is 79.9. The zero-order valence-electron chi connectivity index (χ0n) is 11.4. The molecule has 1 aromatic rings. The molecule has 2 heterocycles. The summed E-state index contributed by atoms with van der Waals surface area (Å²) in [4.78, 5) is 15.3. The number of piperazine rings is 1. The first-order valence-electron chi connectivity index (χ1n) is 6.68. The lowest BCUT2D eigenvalue weighted by Gasteiger charge is -2.27. The van der Waals surface area contributed by atoms with Crippen LogP contribution in [0.25, 0.3) is 0 Å². The fourth-order valence-corrected chi connectivity index (χ4v) is 3.61. The number of carbonyl (C=O) groups excluding carboxylic acids is 1. The SMILES string of the molecule is Cl.O=C(Cc1ccc(Br)s1)NCCCN1CCNCC1. The molecule has 1 amide bonds. The highest BCUT2D eigenvalue weighted by Crippen LogP contribution is 2.22. The van der Waals surface area contributed by atoms with Crippen molar-refractivity contribution in [1.82, 2.24) is 15.5 Å². The molecule has 7 heteroatoms. The summed E-state index contributed by atoms with van der Waals surface area (Å²) in [5, 5.41) is 6.33. The van der Waals surface area contributed by atoms with Crippen molar-refractivity contribution in [2.45, 2.75) is 12.8 Å². The number of nitrogens with one attached hydrogen (secondary N) is 2. The number of rotatable bonds is 6. The fraction of sp³-hybridized carbons (Fsp3) is 0.615. The molecule has 0 bridgehead atoms. The van der Waals surface area contributed by atoms with Gasteiger partial charge in [-0.1, -0.05) is 0 Å². The van der Waals surface area contributed by atoms with Crippen LogP contribution >= 0.6 is 39.7 Å². The number of nitrogens with zero attached hydrogens (tertiary/aromatic N) is 1. The van der Waals surface area contributed by atoms with E-state index in [0.29, 0.717) is 6.42 Å². The van der Waals surface area contributed by atoms with Crippen LogP contribution in [0.15, 0.2) is 15.9 Å². The molecular weight excluding hydrogens is 362 g/mol. The van der Waals surface area contributed by atoms with E-state index in [2.05, 4.69) is 31.5 Å². The highest BCUT2D eigenvalue weighted by molar-refractivity contribution is 9.11. The van der Waals surface area contributed by atoms with Gasteiger partial charge in [-0.05, 0) is 41.0 Å². The van der Waals surface area contributed by atoms with Crippen molar-refractivity contribution in [3.8, 4) is 0 Å². The molecule has 20 heavy (non-hydrogen) atoms. The summed E-state index contributed by atoms with van der Waals surface area (Å²) in [7, 11) is 0. The van der Waals surface area contributed by atoms with Crippen molar-refractivity contribution < 1.29 is 4.79 Å². The Balaban J connectivity index is 0.00000200. The quantitative estimate of drug-likeness (QED) is 0.739. The molecule has 114 valence electrons. The van der Waals surface area contributed by atoms with Crippen LogP contribution < -0.4 is 10.6 Å². The van der Waals surface area contributed by atoms with E-state index in [9.17, 15) is 4.79 Å². The Kier molecular flexibility index (Phi) is 8.72. The Bertz CT molecular complexity index is 410. The number of hydrogen-bond donors (Lipinski definition) is 2. The largest absolute Gasteiger partial charge is 0.356 e. The number of amides is 1. The molecule has 1 aliphatic heterocycles. The van der Waals surface area contributed by atoms with Gasteiger partial charge in [0.2, 0.25) is 5.91 Å². The van der Waals surface area contributed by atoms with Gasteiger partial charge in [-0.3, -0.25) is 4.79 Å². The highest BCUT2D eigenvalue weighted by Gasteiger charge is 2.09. The summed E-state index contributed by atoms with van der Waals surface area (Å²) in [6.45, 7) is 6.26. The molecule has 1 fully saturated rings. The second kappa shape index (κ2) is 9.73. The molecule has 1 saturated heterocycles. The third-order valence-electron chi connectivity index (χ3n) is 3.15. The summed E-state index contributed by atoms with van der Waals surface area (Å²) in [6.07, 6.45) is 1.52. The van der Waals surface area contributed by atoms with Crippen LogP contribution in [0.5, 0.6) is 0 Å². The Morgan fingerprint density at radius 1 is 1.40 bits per heavy atom. The molecular formula is C13H21BrClN3OS. The second-order valence-electron chi connectivity index (χ2n) is 4.68. The van der Waals surface area contributed by atoms with Gasteiger partial charge < -0.3 is 15.5 Å². The molecule has 0 aliphatic carbocycles. The normalized spacial score (nSPS) is 15.7. The Labute approximate surface area is 138 Å². The molecule has 0 saturated carbocycles. The van der Waals surface area contributed by atoms with Crippen LogP contribution in [0, 0.1) is 0 Å². The molecule has 2 N–H and O–H groups in total. The standard InChI is InChI=1S/C13H20BrN3OS.ClH/c14-12-3-2-11(19-12)10-13(18)16-4-1-7-17-8-5-15-6-9-17;/h2-3,15H,1,4-10H2,(H,16,18);1H. The topological polar surface area (TPSA) is 44.4 Å². The monoisotopic (exact) mass is 381 g/mol. The molecule has 1 aliphatic rings. The minimum Gasteiger partial charge on any atom is -0.356 e. The molecule has 2 rings (SSSR count). The Morgan fingerprint density at radius 2 is 2.15 bits per heavy atom. The van der Waals surface area contributed by atoms with E-state index in [0.717, 1.165) is 54.4 Å². The number of halogens is 2. The van der Waals surface area contributed by atoms with E-state index in [1.165, 1.54) is 0 Å². The van der Waals surface area contributed by atoms with Crippen molar-refractivity contribution in [3.05, 3.63) is 20.8 Å². The molecule has 4 nitrogen and oxygen atoms in total. The van der Waals surface area contributed by atoms with Crippen LogP contribution in [0.1, 0.15) is 11.3 Å². The molecule has 1 aromatic heterocycles. The molecule has 0 spiro atoms. The van der Waals surface area contributed by atoms with E-state index in [-0.39, 0.29) is 18.3 Å². The van der Waals surface area contributed by atoms with E-state index in [1.807, 2.05) is 12.1 Å². The van der Waals surface area contributed by atoms with Crippen molar-refractivity contribution in [2.24, 2.45) is 0 Å². The summed E-state index contributed by atoms with van der Waals surface area (Å²) in [6, 6.07) is 3.98. The maximum absolute atomic E-state index is 11.7. The predicted molar refractivity (Wildman–Crippen MR) is 89.9 cm³/mol. The van der Waals surface area contributed by atoms with Crippen molar-refractivity contribution in [2.75, 3.05) is 39.3 Å². The summed E-state index contributed by atoms with van der Waals surface area (Å²) in [5.41, 5.74) is 0. The first-order chi connectivity index (χ1) is 9.24. The zero-order valence-corrected chi connectivity index (χ0v) is 14.6. The fourth-order valence-electron chi connectivity index (χ4n) is 2.13. The average molecular weight is 383 g/mol. The van der Waals surface area contributed by atoms with Gasteiger partial charge in [0, 0.05) is 37.6 Å². The lowest BCUT2D eigenvalue weighted by Crippen LogP contribution is -2.44. The van der Waals surface area contributed by atoms with Gasteiger partial charge in [0.1, 0.15) is 0 Å². The lowest BCUT2D eigenvalue weighted by molar-refractivity contribution is -0.120. The molecule has 0 aromatic carbocycles. The Hall–Kier alpha value is -0.140. The van der Waals surface area contributed by atoms with Crippen molar-refractivity contribution >= 4 is 45.6 Å². The van der Waals surface area contributed by atoms with E-state index >= 15 is 0 Å². The smallest absolute Gasteiger partial charge is 0.225 e. The predicted octanol–water partition coefficient (Wildman–Crippen LogP) is 1.89. The van der Waals surface area contributed by atoms with E-state index < -0.39 is 0 Å². The number of carbonyl (C=O) groups is 1. The maximum atomic E-state index is 11.7.